The summed E-state index contributed by atoms with van der Waals surface area (Å²) in [5.41, 5.74) is 0. The second kappa shape index (κ2) is 23.1. The zero-order valence-corrected chi connectivity index (χ0v) is 32.7. The number of hydrogen-bond acceptors (Lipinski definition) is 24. The van der Waals surface area contributed by atoms with Crippen LogP contribution < -0.4 is 16.0 Å². The third-order valence-electron chi connectivity index (χ3n) is 10.1. The summed E-state index contributed by atoms with van der Waals surface area (Å²) in [6.07, 6.45) is -34.0. The molecule has 3 aliphatic heterocycles. The van der Waals surface area contributed by atoms with Gasteiger partial charge in [0.25, 0.3) is 5.79 Å². The van der Waals surface area contributed by atoms with Crippen molar-refractivity contribution in [2.24, 2.45) is 0 Å². The first kappa shape index (κ1) is 52.4. The normalized spacial score (nSPS) is 37.3. The Morgan fingerprint density at radius 2 is 1.36 bits per heavy atom. The second-order valence-electron chi connectivity index (χ2n) is 14.6. The van der Waals surface area contributed by atoms with E-state index in [4.69, 9.17) is 28.4 Å². The van der Waals surface area contributed by atoms with Gasteiger partial charge in [-0.15, -0.1) is 0 Å². The highest BCUT2D eigenvalue weighted by atomic mass is 16.8. The van der Waals surface area contributed by atoms with E-state index in [9.17, 15) is 95.8 Å². The van der Waals surface area contributed by atoms with Gasteiger partial charge in [0, 0.05) is 20.3 Å². The van der Waals surface area contributed by atoms with Crippen molar-refractivity contribution in [1.29, 1.82) is 0 Å². The van der Waals surface area contributed by atoms with E-state index in [0.717, 1.165) is 13.8 Å². The molecule has 20 atom stereocenters. The number of amides is 3. The molecule has 61 heavy (non-hydrogen) atoms. The molecule has 0 aromatic carbocycles. The van der Waals surface area contributed by atoms with Crippen molar-refractivity contribution >= 4 is 23.7 Å². The van der Waals surface area contributed by atoms with Crippen LogP contribution >= 0.6 is 0 Å². The molecule has 0 aromatic rings. The van der Waals surface area contributed by atoms with E-state index in [0.29, 0.717) is 0 Å². The van der Waals surface area contributed by atoms with Gasteiger partial charge in [0.15, 0.2) is 12.6 Å². The lowest BCUT2D eigenvalue weighted by Gasteiger charge is -2.50. The minimum absolute atomic E-state index is 0.722. The van der Waals surface area contributed by atoms with Crippen LogP contribution in [-0.4, -0.2) is 262 Å². The van der Waals surface area contributed by atoms with E-state index >= 15 is 0 Å². The topological polar surface area (TPSA) is 463 Å². The summed E-state index contributed by atoms with van der Waals surface area (Å²) in [5.74, 6) is -8.05. The molecular formula is C33H57N3O25. The van der Waals surface area contributed by atoms with Crippen LogP contribution in [0.5, 0.6) is 0 Å². The Balaban J connectivity index is 1.97. The maximum Gasteiger partial charge on any atom is 0.364 e. The highest BCUT2D eigenvalue weighted by Gasteiger charge is 2.60. The highest BCUT2D eigenvalue weighted by Crippen LogP contribution is 2.38. The predicted molar refractivity (Wildman–Crippen MR) is 190 cm³/mol. The Bertz CT molecular complexity index is 1440. The van der Waals surface area contributed by atoms with Crippen molar-refractivity contribution in [2.75, 3.05) is 39.6 Å². The SMILES string of the molecule is CC(=O)N[C@H]1[C@H](OC[C@@H](O)[C@H](O)[C@H](O[C@@H]2O[C@H](CO)[C@H](O)[C@H](O[C@]3(C(=O)O)C[C@H](O)[C@@H](NC(=O)CO)[C@H]([C@H](O)[C@H](O)CO)O3)[C@H]2O)[C@H](CO)NC(C)=O)O[C@H](CO)[C@@H](O)[C@@H]1O. The predicted octanol–water partition coefficient (Wildman–Crippen LogP) is -11.5. The summed E-state index contributed by atoms with van der Waals surface area (Å²) in [6, 6.07) is -4.97. The smallest absolute Gasteiger partial charge is 0.364 e. The van der Waals surface area contributed by atoms with Gasteiger partial charge < -0.3 is 121 Å². The van der Waals surface area contributed by atoms with Crippen molar-refractivity contribution in [2.45, 2.75) is 142 Å². The molecule has 28 nitrogen and oxygen atoms in total. The number of aliphatic hydroxyl groups excluding tert-OH is 14. The van der Waals surface area contributed by atoms with E-state index in [-0.39, 0.29) is 0 Å². The van der Waals surface area contributed by atoms with Crippen LogP contribution in [0, 0.1) is 0 Å². The third-order valence-corrected chi connectivity index (χ3v) is 10.1. The lowest BCUT2D eigenvalue weighted by molar-refractivity contribution is -0.375. The number of carboxylic acids is 1. The molecule has 3 heterocycles. The number of carboxylic acid groups (broad SMARTS) is 1. The van der Waals surface area contributed by atoms with Crippen LogP contribution in [0.15, 0.2) is 0 Å². The van der Waals surface area contributed by atoms with Crippen LogP contribution in [0.1, 0.15) is 20.3 Å². The minimum Gasteiger partial charge on any atom is -0.477 e. The second-order valence-corrected chi connectivity index (χ2v) is 14.6. The van der Waals surface area contributed by atoms with Crippen molar-refractivity contribution in [3.05, 3.63) is 0 Å². The Labute approximate surface area is 345 Å². The molecule has 0 unspecified atom stereocenters. The molecule has 0 spiro atoms. The molecule has 3 aliphatic rings. The van der Waals surface area contributed by atoms with Crippen LogP contribution in [0.25, 0.3) is 0 Å². The molecule has 3 amide bonds. The van der Waals surface area contributed by atoms with E-state index in [2.05, 4.69) is 16.0 Å². The number of carbonyl (C=O) groups is 4. The van der Waals surface area contributed by atoms with Crippen molar-refractivity contribution in [3.8, 4) is 0 Å². The van der Waals surface area contributed by atoms with Gasteiger partial charge in [-0.3, -0.25) is 14.4 Å². The monoisotopic (exact) mass is 895 g/mol. The molecule has 0 saturated carbocycles. The molecule has 28 heteroatoms. The number of carbonyl (C=O) groups excluding carboxylic acids is 3. The fraction of sp³-hybridized carbons (Fsp3) is 0.879. The molecule has 0 radical (unpaired) electrons. The highest BCUT2D eigenvalue weighted by molar-refractivity contribution is 5.78. The lowest BCUT2D eigenvalue weighted by atomic mass is 9.88. The van der Waals surface area contributed by atoms with E-state index in [1.807, 2.05) is 0 Å². The number of aliphatic carboxylic acids is 1. The molecule has 3 rings (SSSR count). The minimum atomic E-state index is -3.22. The fourth-order valence-electron chi connectivity index (χ4n) is 6.95. The molecule has 0 bridgehead atoms. The van der Waals surface area contributed by atoms with E-state index < -0.39 is 192 Å². The quantitative estimate of drug-likeness (QED) is 0.0509. The molecule has 18 N–H and O–H groups in total. The first-order valence-corrected chi connectivity index (χ1v) is 18.8. The zero-order valence-electron chi connectivity index (χ0n) is 32.7. The van der Waals surface area contributed by atoms with Gasteiger partial charge >= 0.3 is 5.97 Å². The van der Waals surface area contributed by atoms with Gasteiger partial charge in [-0.2, -0.15) is 0 Å². The first-order valence-electron chi connectivity index (χ1n) is 18.8. The average molecular weight is 896 g/mol. The number of nitrogens with one attached hydrogen (secondary N) is 3. The summed E-state index contributed by atoms with van der Waals surface area (Å²) in [6.45, 7) is -4.28. The average Bonchev–Trinajstić information content (AvgIpc) is 3.22. The molecular weight excluding hydrogens is 838 g/mol. The Hall–Kier alpha value is -2.92. The Morgan fingerprint density at radius 3 is 1.89 bits per heavy atom. The summed E-state index contributed by atoms with van der Waals surface area (Å²) in [4.78, 5) is 48.8. The van der Waals surface area contributed by atoms with E-state index in [1.165, 1.54) is 0 Å². The first-order chi connectivity index (χ1) is 28.6. The standard InChI is InChI=1S/C33H57N3O25/c1-10(42)34-12(4-37)27(22(49)15(46)9-56-30-20(35-11(2)43)25(52)23(50)16(6-39)57-30)59-31-26(53)29(24(51)17(7-40)58-31)61-33(32(54)55)3-13(44)19(36-18(47)8-41)28(60-33)21(48)14(45)5-38/h12-17,19-31,37-41,44-46,48-53H,3-9H2,1-2H3,(H,34,42)(H,35,43)(H,36,47)(H,54,55)/t12-,13-,14+,15+,16+,17+,19+,20+,21+,22-,23+,24-,25+,26+,27+,28+,29-,30+,31-,33-/m0/s1. The number of rotatable bonds is 21. The van der Waals surface area contributed by atoms with Gasteiger partial charge in [-0.1, -0.05) is 0 Å². The lowest BCUT2D eigenvalue weighted by Crippen LogP contribution is -2.71. The molecule has 354 valence electrons. The van der Waals surface area contributed by atoms with Gasteiger partial charge in [0.1, 0.15) is 92.0 Å². The van der Waals surface area contributed by atoms with Gasteiger partial charge in [0.2, 0.25) is 17.7 Å². The van der Waals surface area contributed by atoms with Crippen LogP contribution in [0.4, 0.5) is 0 Å². The van der Waals surface area contributed by atoms with Crippen molar-refractivity contribution < 1.29 is 124 Å². The number of hydrogen-bond donors (Lipinski definition) is 18. The van der Waals surface area contributed by atoms with Gasteiger partial charge in [-0.05, 0) is 0 Å². The largest absolute Gasteiger partial charge is 0.477 e. The van der Waals surface area contributed by atoms with Gasteiger partial charge in [0.05, 0.1) is 51.2 Å². The Morgan fingerprint density at radius 1 is 0.754 bits per heavy atom. The summed E-state index contributed by atoms with van der Waals surface area (Å²) >= 11 is 0. The zero-order chi connectivity index (χ0) is 46.1. The molecule has 3 saturated heterocycles. The van der Waals surface area contributed by atoms with Crippen LogP contribution in [-0.2, 0) is 47.6 Å². The molecule has 0 aliphatic carbocycles. The summed E-state index contributed by atoms with van der Waals surface area (Å²) in [5, 5.41) is 163. The fourth-order valence-corrected chi connectivity index (χ4v) is 6.95. The van der Waals surface area contributed by atoms with Crippen molar-refractivity contribution in [1.82, 2.24) is 16.0 Å². The van der Waals surface area contributed by atoms with E-state index in [1.54, 1.807) is 0 Å². The number of aliphatic hydroxyl groups is 14. The van der Waals surface area contributed by atoms with Crippen molar-refractivity contribution in [3.63, 3.8) is 0 Å². The van der Waals surface area contributed by atoms with Crippen LogP contribution in [0.3, 0.4) is 0 Å². The third kappa shape index (κ3) is 12.6. The maximum absolute atomic E-state index is 12.9. The number of ether oxygens (including phenoxy) is 6. The molecule has 3 fully saturated rings. The van der Waals surface area contributed by atoms with Crippen LogP contribution in [0.2, 0.25) is 0 Å². The molecule has 0 aromatic heterocycles. The maximum atomic E-state index is 12.9. The summed E-state index contributed by atoms with van der Waals surface area (Å²) < 4.78 is 33.3. The van der Waals surface area contributed by atoms with Gasteiger partial charge in [-0.25, -0.2) is 4.79 Å². The summed E-state index contributed by atoms with van der Waals surface area (Å²) in [7, 11) is 0. The Kier molecular flexibility index (Phi) is 19.9.